The highest BCUT2D eigenvalue weighted by atomic mass is 19.3. The summed E-state index contributed by atoms with van der Waals surface area (Å²) in [5.74, 6) is -9.30. The van der Waals surface area contributed by atoms with Crippen LogP contribution in [0.5, 0.6) is 5.75 Å². The lowest BCUT2D eigenvalue weighted by Gasteiger charge is -2.33. The molecule has 1 saturated heterocycles. The van der Waals surface area contributed by atoms with Gasteiger partial charge < -0.3 is 14.2 Å². The molecule has 0 N–H and O–H groups in total. The molecule has 0 bridgehead atoms. The Hall–Kier alpha value is -2.33. The molecule has 152 valence electrons. The summed E-state index contributed by atoms with van der Waals surface area (Å²) < 4.78 is 109. The molecule has 1 aliphatic rings. The zero-order chi connectivity index (χ0) is 20.6. The highest BCUT2D eigenvalue weighted by Gasteiger charge is 2.48. The van der Waals surface area contributed by atoms with E-state index >= 15 is 0 Å². The number of benzene rings is 2. The molecular formula is C18H13F7O3. The summed E-state index contributed by atoms with van der Waals surface area (Å²) in [5.41, 5.74) is -0.0241. The van der Waals surface area contributed by atoms with Crippen molar-refractivity contribution in [1.82, 2.24) is 0 Å². The molecule has 1 aliphatic heterocycles. The molecule has 1 heterocycles. The summed E-state index contributed by atoms with van der Waals surface area (Å²) in [6.07, 6.45) is -6.48. The van der Waals surface area contributed by atoms with Crippen LogP contribution < -0.4 is 4.74 Å². The zero-order valence-electron chi connectivity index (χ0n) is 14.2. The maximum atomic E-state index is 14.1. The van der Waals surface area contributed by atoms with Gasteiger partial charge in [0.05, 0.1) is 13.2 Å². The van der Waals surface area contributed by atoms with Crippen LogP contribution in [0, 0.1) is 36.0 Å². The smallest absolute Gasteiger partial charge is 0.429 e. The van der Waals surface area contributed by atoms with Crippen LogP contribution in [0.15, 0.2) is 24.3 Å². The van der Waals surface area contributed by atoms with Crippen LogP contribution in [-0.2, 0) is 9.47 Å². The van der Waals surface area contributed by atoms with Gasteiger partial charge in [-0.1, -0.05) is 12.1 Å². The van der Waals surface area contributed by atoms with Crippen LogP contribution in [0.25, 0.3) is 0 Å². The van der Waals surface area contributed by atoms with Gasteiger partial charge in [-0.2, -0.15) is 8.78 Å². The molecule has 2 aromatic rings. The van der Waals surface area contributed by atoms with Crippen molar-refractivity contribution in [3.63, 3.8) is 0 Å². The first-order valence-electron chi connectivity index (χ1n) is 7.99. The van der Waals surface area contributed by atoms with Crippen LogP contribution >= 0.6 is 0 Å². The Morgan fingerprint density at radius 3 is 2.04 bits per heavy atom. The minimum atomic E-state index is -4.20. The summed E-state index contributed by atoms with van der Waals surface area (Å²) in [7, 11) is 0. The fourth-order valence-corrected chi connectivity index (χ4v) is 2.65. The van der Waals surface area contributed by atoms with Crippen molar-refractivity contribution in [1.29, 1.82) is 0 Å². The maximum absolute atomic E-state index is 14.1. The molecule has 0 unspecified atom stereocenters. The maximum Gasteiger partial charge on any atom is 0.451 e. The van der Waals surface area contributed by atoms with Crippen molar-refractivity contribution in [3.05, 3.63) is 64.5 Å². The van der Waals surface area contributed by atoms with E-state index < -0.39 is 66.4 Å². The van der Waals surface area contributed by atoms with Crippen LogP contribution in [0.1, 0.15) is 17.0 Å². The molecule has 0 aromatic heterocycles. The first-order chi connectivity index (χ1) is 13.1. The van der Waals surface area contributed by atoms with Gasteiger partial charge in [0.1, 0.15) is 5.75 Å². The van der Waals surface area contributed by atoms with Crippen molar-refractivity contribution < 1.29 is 44.9 Å². The van der Waals surface area contributed by atoms with E-state index in [4.69, 9.17) is 9.47 Å². The second-order valence-corrected chi connectivity index (χ2v) is 6.16. The average Bonchev–Trinajstić information content (AvgIpc) is 2.64. The van der Waals surface area contributed by atoms with Crippen molar-refractivity contribution in [2.24, 2.45) is 0 Å². The first-order valence-corrected chi connectivity index (χ1v) is 7.99. The second-order valence-electron chi connectivity index (χ2n) is 6.16. The lowest BCUT2D eigenvalue weighted by atomic mass is 9.98. The fraction of sp³-hybridized carbons (Fsp3) is 0.333. The first kappa shape index (κ1) is 20.4. The van der Waals surface area contributed by atoms with E-state index in [1.54, 1.807) is 0 Å². The zero-order valence-corrected chi connectivity index (χ0v) is 14.2. The van der Waals surface area contributed by atoms with Crippen LogP contribution in [0.3, 0.4) is 0 Å². The molecule has 0 atom stereocenters. The molecule has 0 amide bonds. The molecule has 0 saturated carbocycles. The van der Waals surface area contributed by atoms with E-state index in [0.29, 0.717) is 0 Å². The van der Waals surface area contributed by atoms with Crippen LogP contribution in [0.2, 0.25) is 0 Å². The third-order valence-electron chi connectivity index (χ3n) is 4.13. The molecule has 2 aromatic carbocycles. The summed E-state index contributed by atoms with van der Waals surface area (Å²) in [6.45, 7) is 0.468. The number of rotatable bonds is 4. The molecule has 3 rings (SSSR count). The van der Waals surface area contributed by atoms with E-state index in [1.807, 2.05) is 0 Å². The number of hydrogen-bond acceptors (Lipinski definition) is 3. The predicted octanol–water partition coefficient (Wildman–Crippen LogP) is 4.82. The topological polar surface area (TPSA) is 27.7 Å². The highest BCUT2D eigenvalue weighted by molar-refractivity contribution is 5.29. The second kappa shape index (κ2) is 7.59. The summed E-state index contributed by atoms with van der Waals surface area (Å²) in [5, 5.41) is 0. The molecular weight excluding hydrogens is 397 g/mol. The Balaban J connectivity index is 1.69. The Kier molecular flexibility index (Phi) is 5.53. The molecule has 3 nitrogen and oxygen atoms in total. The SMILES string of the molecule is Cc1ccc(C2COC(C(F)(F)Oc3cc(F)c(F)c(F)c3)OC2)c(F)c1F. The van der Waals surface area contributed by atoms with Crippen molar-refractivity contribution in [2.75, 3.05) is 13.2 Å². The van der Waals surface area contributed by atoms with E-state index in [-0.39, 0.29) is 23.3 Å². The molecule has 0 radical (unpaired) electrons. The largest absolute Gasteiger partial charge is 0.451 e. The van der Waals surface area contributed by atoms with Gasteiger partial charge >= 0.3 is 6.11 Å². The van der Waals surface area contributed by atoms with E-state index in [2.05, 4.69) is 4.74 Å². The van der Waals surface area contributed by atoms with Crippen LogP contribution in [0.4, 0.5) is 30.7 Å². The number of ether oxygens (including phenoxy) is 3. The lowest BCUT2D eigenvalue weighted by Crippen LogP contribution is -2.47. The van der Waals surface area contributed by atoms with Crippen LogP contribution in [-0.4, -0.2) is 25.6 Å². The van der Waals surface area contributed by atoms with E-state index in [0.717, 1.165) is 0 Å². The minimum Gasteiger partial charge on any atom is -0.429 e. The highest BCUT2D eigenvalue weighted by Crippen LogP contribution is 2.34. The van der Waals surface area contributed by atoms with Gasteiger partial charge in [-0.25, -0.2) is 22.0 Å². The predicted molar refractivity (Wildman–Crippen MR) is 81.4 cm³/mol. The van der Waals surface area contributed by atoms with Gasteiger partial charge in [-0.3, -0.25) is 0 Å². The van der Waals surface area contributed by atoms with Gasteiger partial charge in [-0.15, -0.1) is 0 Å². The Morgan fingerprint density at radius 1 is 0.893 bits per heavy atom. The Bertz CT molecular complexity index is 857. The summed E-state index contributed by atoms with van der Waals surface area (Å²) in [6, 6.07) is 3.10. The molecule has 0 spiro atoms. The minimum absolute atomic E-state index is 0.0791. The molecule has 1 fully saturated rings. The third kappa shape index (κ3) is 3.93. The number of hydrogen-bond donors (Lipinski definition) is 0. The standard InChI is InChI=1S/C18H13F7O3/c1-8-2-3-11(15(22)14(8)21)9-6-26-17(27-7-9)18(24,25)28-10-4-12(19)16(23)13(20)5-10/h2-5,9,17H,6-7H2,1H3. The van der Waals surface area contributed by atoms with Gasteiger partial charge in [0.2, 0.25) is 0 Å². The van der Waals surface area contributed by atoms with Crippen molar-refractivity contribution >= 4 is 0 Å². The normalized spacial score (nSPS) is 20.3. The molecule has 28 heavy (non-hydrogen) atoms. The Labute approximate surface area is 154 Å². The Morgan fingerprint density at radius 2 is 1.46 bits per heavy atom. The number of halogens is 7. The monoisotopic (exact) mass is 410 g/mol. The fourth-order valence-electron chi connectivity index (χ4n) is 2.65. The number of alkyl halides is 2. The third-order valence-corrected chi connectivity index (χ3v) is 4.13. The number of aryl methyl sites for hydroxylation is 1. The van der Waals surface area contributed by atoms with E-state index in [1.165, 1.54) is 19.1 Å². The quantitative estimate of drug-likeness (QED) is 0.535. The summed E-state index contributed by atoms with van der Waals surface area (Å²) >= 11 is 0. The van der Waals surface area contributed by atoms with Gasteiger partial charge in [0.15, 0.2) is 29.1 Å². The molecule has 0 aliphatic carbocycles. The summed E-state index contributed by atoms with van der Waals surface area (Å²) in [4.78, 5) is 0. The van der Waals surface area contributed by atoms with Gasteiger partial charge in [-0.05, 0) is 18.1 Å². The molecule has 10 heteroatoms. The van der Waals surface area contributed by atoms with Crippen molar-refractivity contribution in [3.8, 4) is 5.75 Å². The van der Waals surface area contributed by atoms with Gasteiger partial charge in [0.25, 0.3) is 6.29 Å². The lowest BCUT2D eigenvalue weighted by molar-refractivity contribution is -0.347. The van der Waals surface area contributed by atoms with E-state index in [9.17, 15) is 30.7 Å². The average molecular weight is 410 g/mol. The van der Waals surface area contributed by atoms with Gasteiger partial charge in [0, 0.05) is 18.1 Å². The van der Waals surface area contributed by atoms with Crippen molar-refractivity contribution in [2.45, 2.75) is 25.2 Å².